The first-order valence-electron chi connectivity index (χ1n) is 6.00. The predicted molar refractivity (Wildman–Crippen MR) is 78.0 cm³/mol. The fourth-order valence-corrected chi connectivity index (χ4v) is 3.17. The van der Waals surface area contributed by atoms with Gasteiger partial charge in [-0.3, -0.25) is 9.59 Å². The van der Waals surface area contributed by atoms with Gasteiger partial charge >= 0.3 is 5.97 Å². The number of piperidine rings is 1. The Bertz CT molecular complexity index is 504. The second kappa shape index (κ2) is 6.34. The molecule has 2 heterocycles. The van der Waals surface area contributed by atoms with Gasteiger partial charge in [0.25, 0.3) is 0 Å². The van der Waals surface area contributed by atoms with Crippen LogP contribution in [0.1, 0.15) is 18.4 Å². The van der Waals surface area contributed by atoms with Crippen molar-refractivity contribution in [2.75, 3.05) is 13.1 Å². The Kier molecular flexibility index (Phi) is 4.76. The molecular formula is C13H14BrNO3S. The number of nitrogens with zero attached hydrogens (tertiary/aromatic N) is 1. The number of rotatable bonds is 3. The van der Waals surface area contributed by atoms with Crippen LogP contribution in [0.4, 0.5) is 0 Å². The molecule has 1 aliphatic heterocycles. The molecule has 0 spiro atoms. The zero-order valence-electron chi connectivity index (χ0n) is 10.2. The highest BCUT2D eigenvalue weighted by molar-refractivity contribution is 9.11. The van der Waals surface area contributed by atoms with Gasteiger partial charge in [0, 0.05) is 19.2 Å². The van der Waals surface area contributed by atoms with Gasteiger partial charge in [-0.2, -0.15) is 0 Å². The summed E-state index contributed by atoms with van der Waals surface area (Å²) in [4.78, 5) is 24.5. The highest BCUT2D eigenvalue weighted by atomic mass is 79.9. The lowest BCUT2D eigenvalue weighted by Gasteiger charge is -2.29. The van der Waals surface area contributed by atoms with Crippen LogP contribution in [0.2, 0.25) is 0 Å². The summed E-state index contributed by atoms with van der Waals surface area (Å²) in [6, 6.07) is 1.95. The lowest BCUT2D eigenvalue weighted by Crippen LogP contribution is -2.39. The van der Waals surface area contributed by atoms with Gasteiger partial charge in [-0.25, -0.2) is 0 Å². The molecule has 0 unspecified atom stereocenters. The average Bonchev–Trinajstić information content (AvgIpc) is 2.82. The molecule has 1 aromatic heterocycles. The lowest BCUT2D eigenvalue weighted by molar-refractivity contribution is -0.144. The number of carboxylic acids is 1. The summed E-state index contributed by atoms with van der Waals surface area (Å²) in [5.74, 6) is -1.11. The standard InChI is InChI=1S/C13H14BrNO3S/c14-11-7-9(8-19-11)1-2-12(16)15-5-3-10(4-6-15)13(17)18/h1-2,7-8,10H,3-6H2,(H,17,18). The maximum Gasteiger partial charge on any atom is 0.306 e. The minimum atomic E-state index is -0.759. The van der Waals surface area contributed by atoms with Crippen LogP contribution in [-0.2, 0) is 9.59 Å². The molecule has 1 saturated heterocycles. The van der Waals surface area contributed by atoms with Gasteiger partial charge in [0.05, 0.1) is 9.70 Å². The first kappa shape index (κ1) is 14.3. The molecule has 2 rings (SSSR count). The smallest absolute Gasteiger partial charge is 0.306 e. The number of aliphatic carboxylic acids is 1. The van der Waals surface area contributed by atoms with E-state index in [2.05, 4.69) is 15.9 Å². The van der Waals surface area contributed by atoms with Crippen LogP contribution in [0.25, 0.3) is 6.08 Å². The van der Waals surface area contributed by atoms with Crippen molar-refractivity contribution < 1.29 is 14.7 Å². The molecule has 1 N–H and O–H groups in total. The van der Waals surface area contributed by atoms with Crippen molar-refractivity contribution in [1.29, 1.82) is 0 Å². The van der Waals surface area contributed by atoms with Crippen molar-refractivity contribution in [1.82, 2.24) is 4.90 Å². The maximum atomic E-state index is 11.9. The van der Waals surface area contributed by atoms with Crippen molar-refractivity contribution >= 4 is 45.2 Å². The molecule has 6 heteroatoms. The number of hydrogen-bond donors (Lipinski definition) is 1. The number of carbonyl (C=O) groups excluding carboxylic acids is 1. The monoisotopic (exact) mass is 343 g/mol. The fourth-order valence-electron chi connectivity index (χ4n) is 2.03. The number of halogens is 1. The molecule has 1 aliphatic rings. The Morgan fingerprint density at radius 3 is 2.63 bits per heavy atom. The molecule has 0 bridgehead atoms. The second-order valence-electron chi connectivity index (χ2n) is 4.46. The SMILES string of the molecule is O=C(O)C1CCN(C(=O)C=Cc2csc(Br)c2)CC1. The van der Waals surface area contributed by atoms with E-state index in [-0.39, 0.29) is 11.8 Å². The second-order valence-corrected chi connectivity index (χ2v) is 6.75. The van der Waals surface area contributed by atoms with E-state index in [1.807, 2.05) is 11.4 Å². The first-order chi connectivity index (χ1) is 9.06. The largest absolute Gasteiger partial charge is 0.481 e. The average molecular weight is 344 g/mol. The Morgan fingerprint density at radius 1 is 1.42 bits per heavy atom. The van der Waals surface area contributed by atoms with Crippen LogP contribution in [0, 0.1) is 5.92 Å². The van der Waals surface area contributed by atoms with Crippen LogP contribution in [0.3, 0.4) is 0 Å². The molecular weight excluding hydrogens is 330 g/mol. The minimum Gasteiger partial charge on any atom is -0.481 e. The topological polar surface area (TPSA) is 57.6 Å². The normalized spacial score (nSPS) is 17.0. The molecule has 102 valence electrons. The van der Waals surface area contributed by atoms with E-state index in [4.69, 9.17) is 5.11 Å². The summed E-state index contributed by atoms with van der Waals surface area (Å²) >= 11 is 4.94. The molecule has 0 aliphatic carbocycles. The van der Waals surface area contributed by atoms with E-state index >= 15 is 0 Å². The Balaban J connectivity index is 1.88. The summed E-state index contributed by atoms with van der Waals surface area (Å²) in [5.41, 5.74) is 0.991. The zero-order chi connectivity index (χ0) is 13.8. The van der Waals surface area contributed by atoms with Crippen LogP contribution in [0.5, 0.6) is 0 Å². The quantitative estimate of drug-likeness (QED) is 0.858. The van der Waals surface area contributed by atoms with Crippen molar-refractivity contribution in [2.45, 2.75) is 12.8 Å². The molecule has 1 amide bonds. The van der Waals surface area contributed by atoms with Gasteiger partial charge in [-0.15, -0.1) is 11.3 Å². The maximum absolute atomic E-state index is 11.9. The van der Waals surface area contributed by atoms with Crippen LogP contribution < -0.4 is 0 Å². The van der Waals surface area contributed by atoms with Gasteiger partial charge in [-0.05, 0) is 51.9 Å². The van der Waals surface area contributed by atoms with E-state index in [1.165, 1.54) is 0 Å². The minimum absolute atomic E-state index is 0.0499. The van der Waals surface area contributed by atoms with E-state index in [1.54, 1.807) is 28.4 Å². The van der Waals surface area contributed by atoms with Crippen LogP contribution in [-0.4, -0.2) is 35.0 Å². The Labute approximate surface area is 123 Å². The summed E-state index contributed by atoms with van der Waals surface area (Å²) in [6.07, 6.45) is 4.42. The first-order valence-corrected chi connectivity index (χ1v) is 7.67. The van der Waals surface area contributed by atoms with Crippen molar-refractivity contribution in [3.63, 3.8) is 0 Å². The number of amides is 1. The van der Waals surface area contributed by atoms with E-state index in [0.29, 0.717) is 25.9 Å². The van der Waals surface area contributed by atoms with Crippen molar-refractivity contribution in [3.8, 4) is 0 Å². The van der Waals surface area contributed by atoms with Gasteiger partial charge in [-0.1, -0.05) is 0 Å². The molecule has 1 fully saturated rings. The highest BCUT2D eigenvalue weighted by Crippen LogP contribution is 2.22. The third-order valence-electron chi connectivity index (χ3n) is 3.16. The van der Waals surface area contributed by atoms with Crippen molar-refractivity contribution in [3.05, 3.63) is 26.9 Å². The third kappa shape index (κ3) is 3.91. The number of hydrogen-bond acceptors (Lipinski definition) is 3. The number of carboxylic acid groups (broad SMARTS) is 1. The summed E-state index contributed by atoms with van der Waals surface area (Å²) in [7, 11) is 0. The van der Waals surface area contributed by atoms with E-state index in [9.17, 15) is 9.59 Å². The molecule has 1 aromatic rings. The van der Waals surface area contributed by atoms with E-state index < -0.39 is 5.97 Å². The molecule has 4 nitrogen and oxygen atoms in total. The van der Waals surface area contributed by atoms with Gasteiger partial charge in [0.2, 0.25) is 5.91 Å². The number of thiophene rings is 1. The number of carbonyl (C=O) groups is 2. The van der Waals surface area contributed by atoms with Gasteiger partial charge < -0.3 is 10.0 Å². The summed E-state index contributed by atoms with van der Waals surface area (Å²) in [6.45, 7) is 1.04. The molecule has 0 atom stereocenters. The molecule has 19 heavy (non-hydrogen) atoms. The fraction of sp³-hybridized carbons (Fsp3) is 0.385. The van der Waals surface area contributed by atoms with Crippen LogP contribution in [0.15, 0.2) is 21.3 Å². The third-order valence-corrected chi connectivity index (χ3v) is 4.68. The molecule has 0 saturated carbocycles. The lowest BCUT2D eigenvalue weighted by atomic mass is 9.97. The zero-order valence-corrected chi connectivity index (χ0v) is 12.6. The van der Waals surface area contributed by atoms with Gasteiger partial charge in [0.1, 0.15) is 0 Å². The number of likely N-dealkylation sites (tertiary alicyclic amines) is 1. The Morgan fingerprint density at radius 2 is 2.11 bits per heavy atom. The van der Waals surface area contributed by atoms with E-state index in [0.717, 1.165) is 9.35 Å². The van der Waals surface area contributed by atoms with Crippen molar-refractivity contribution in [2.24, 2.45) is 5.92 Å². The highest BCUT2D eigenvalue weighted by Gasteiger charge is 2.25. The summed E-state index contributed by atoms with van der Waals surface area (Å²) < 4.78 is 1.03. The van der Waals surface area contributed by atoms with Crippen LogP contribution >= 0.6 is 27.3 Å². The van der Waals surface area contributed by atoms with Gasteiger partial charge in [0.15, 0.2) is 0 Å². The molecule has 0 radical (unpaired) electrons. The summed E-state index contributed by atoms with van der Waals surface area (Å²) in [5, 5.41) is 10.9. The molecule has 0 aromatic carbocycles. The Hall–Kier alpha value is -1.14. The predicted octanol–water partition coefficient (Wildman–Crippen LogP) is 2.85.